The van der Waals surface area contributed by atoms with Gasteiger partial charge in [-0.2, -0.15) is 0 Å². The van der Waals surface area contributed by atoms with Gasteiger partial charge in [0.2, 0.25) is 0 Å². The molecular weight excluding hydrogens is 398 g/mol. The Kier molecular flexibility index (Phi) is 7.79. The van der Waals surface area contributed by atoms with Gasteiger partial charge in [0.15, 0.2) is 11.5 Å². The van der Waals surface area contributed by atoms with Crippen molar-refractivity contribution in [1.29, 1.82) is 0 Å². The molecule has 3 rings (SSSR count). The van der Waals surface area contributed by atoms with E-state index in [0.29, 0.717) is 23.2 Å². The van der Waals surface area contributed by atoms with Crippen molar-refractivity contribution in [3.8, 4) is 17.2 Å². The van der Waals surface area contributed by atoms with Crippen LogP contribution in [-0.2, 0) is 6.42 Å². The molecule has 2 aromatic rings. The van der Waals surface area contributed by atoms with Gasteiger partial charge in [0, 0.05) is 23.3 Å². The first-order valence-electron chi connectivity index (χ1n) is 11.6. The largest absolute Gasteiger partial charge is 0.505 e. The number of phenols is 3. The number of aromatic hydroxyl groups is 3. The minimum absolute atomic E-state index is 0.0545. The van der Waals surface area contributed by atoms with Crippen LogP contribution in [0.3, 0.4) is 0 Å². The van der Waals surface area contributed by atoms with Crippen molar-refractivity contribution < 1.29 is 15.3 Å². The van der Waals surface area contributed by atoms with E-state index in [4.69, 9.17) is 0 Å². The topological polar surface area (TPSA) is 73.0 Å². The second-order valence-corrected chi connectivity index (χ2v) is 8.94. The summed E-state index contributed by atoms with van der Waals surface area (Å²) >= 11 is 0. The van der Waals surface area contributed by atoms with Crippen molar-refractivity contribution in [3.05, 3.63) is 70.8 Å². The first kappa shape index (κ1) is 23.6. The second-order valence-electron chi connectivity index (χ2n) is 8.94. The Labute approximate surface area is 191 Å². The van der Waals surface area contributed by atoms with Crippen LogP contribution in [0.2, 0.25) is 0 Å². The van der Waals surface area contributed by atoms with E-state index in [0.717, 1.165) is 43.2 Å². The molecule has 0 saturated heterocycles. The van der Waals surface area contributed by atoms with Gasteiger partial charge >= 0.3 is 0 Å². The van der Waals surface area contributed by atoms with Crippen molar-refractivity contribution in [2.24, 2.45) is 10.9 Å². The van der Waals surface area contributed by atoms with E-state index in [9.17, 15) is 15.3 Å². The van der Waals surface area contributed by atoms with Crippen LogP contribution in [0.4, 0.5) is 5.69 Å². The van der Waals surface area contributed by atoms with Crippen molar-refractivity contribution in [2.75, 3.05) is 0 Å². The lowest BCUT2D eigenvalue weighted by Gasteiger charge is -2.32. The summed E-state index contributed by atoms with van der Waals surface area (Å²) in [5, 5.41) is 33.5. The maximum absolute atomic E-state index is 11.4. The van der Waals surface area contributed by atoms with Gasteiger partial charge in [-0.15, -0.1) is 0 Å². The number of unbranched alkanes of at least 4 members (excludes halogenated alkanes) is 2. The predicted octanol–water partition coefficient (Wildman–Crippen LogP) is 7.30. The van der Waals surface area contributed by atoms with E-state index in [1.54, 1.807) is 6.21 Å². The molecule has 0 saturated carbocycles. The van der Waals surface area contributed by atoms with E-state index in [1.807, 2.05) is 37.3 Å². The highest BCUT2D eigenvalue weighted by Gasteiger charge is 2.33. The normalized spacial score (nSPS) is 18.7. The summed E-state index contributed by atoms with van der Waals surface area (Å²) in [6.45, 7) is 10.3. The minimum atomic E-state index is -0.262. The Morgan fingerprint density at radius 2 is 1.81 bits per heavy atom. The molecule has 1 aliphatic rings. The predicted molar refractivity (Wildman–Crippen MR) is 132 cm³/mol. The van der Waals surface area contributed by atoms with Gasteiger partial charge in [-0.25, -0.2) is 0 Å². The Hall–Kier alpha value is -3.01. The highest BCUT2D eigenvalue weighted by molar-refractivity contribution is 5.85. The summed E-state index contributed by atoms with van der Waals surface area (Å²) in [6.07, 6.45) is 9.02. The van der Waals surface area contributed by atoms with Crippen LogP contribution >= 0.6 is 0 Å². The Balaban J connectivity index is 2.18. The molecule has 2 unspecified atom stereocenters. The Morgan fingerprint density at radius 1 is 1.09 bits per heavy atom. The van der Waals surface area contributed by atoms with Crippen molar-refractivity contribution in [3.63, 3.8) is 0 Å². The average Bonchev–Trinajstić information content (AvgIpc) is 2.77. The maximum atomic E-state index is 11.4. The Morgan fingerprint density at radius 3 is 2.47 bits per heavy atom. The number of hydrogen-bond acceptors (Lipinski definition) is 4. The molecule has 2 atom stereocenters. The molecule has 4 nitrogen and oxygen atoms in total. The van der Waals surface area contributed by atoms with Gasteiger partial charge in [-0.1, -0.05) is 73.9 Å². The zero-order valence-corrected chi connectivity index (χ0v) is 19.4. The van der Waals surface area contributed by atoms with Gasteiger partial charge in [0.25, 0.3) is 0 Å². The number of benzene rings is 2. The third kappa shape index (κ3) is 5.07. The van der Waals surface area contributed by atoms with Crippen LogP contribution in [0, 0.1) is 5.92 Å². The molecular formula is C28H35NO3. The van der Waals surface area contributed by atoms with Crippen LogP contribution in [0.15, 0.2) is 59.1 Å². The highest BCUT2D eigenvalue weighted by Crippen LogP contribution is 2.54. The minimum Gasteiger partial charge on any atom is -0.505 e. The Bertz CT molecular complexity index is 1020. The molecule has 0 spiro atoms. The molecule has 0 aromatic heterocycles. The van der Waals surface area contributed by atoms with Crippen LogP contribution in [0.1, 0.15) is 75.5 Å². The molecule has 2 aromatic carbocycles. The van der Waals surface area contributed by atoms with Crippen LogP contribution in [0.5, 0.6) is 17.2 Å². The quantitative estimate of drug-likeness (QED) is 0.134. The third-order valence-corrected chi connectivity index (χ3v) is 6.42. The maximum Gasteiger partial charge on any atom is 0.165 e. The molecule has 0 heterocycles. The fourth-order valence-corrected chi connectivity index (χ4v) is 4.59. The lowest BCUT2D eigenvalue weighted by molar-refractivity contribution is 0.371. The molecule has 4 heteroatoms. The third-order valence-electron chi connectivity index (χ3n) is 6.42. The SMILES string of the molecule is C=C(C)C1CCC(C)=CC1c1c(O)c(O)c(CCCCC)c(N=Cc2ccccc2)c1O. The highest BCUT2D eigenvalue weighted by atomic mass is 16.3. The summed E-state index contributed by atoms with van der Waals surface area (Å²) in [7, 11) is 0. The lowest BCUT2D eigenvalue weighted by Crippen LogP contribution is -2.17. The van der Waals surface area contributed by atoms with Crippen molar-refractivity contribution in [1.82, 2.24) is 0 Å². The summed E-state index contributed by atoms with van der Waals surface area (Å²) in [6, 6.07) is 9.66. The van der Waals surface area contributed by atoms with Gasteiger partial charge in [0.05, 0.1) is 0 Å². The molecule has 3 N–H and O–H groups in total. The number of nitrogens with zero attached hydrogens (tertiary/aromatic N) is 1. The fraction of sp³-hybridized carbons (Fsp3) is 0.393. The average molecular weight is 434 g/mol. The standard InChI is InChI=1S/C28H35NO3/c1-5-6-8-13-22-25(29-17-20-11-9-7-10-12-20)27(31)24(28(32)26(22)30)23-16-19(4)14-15-21(23)18(2)3/h7,9-12,16-17,21,23,30-32H,2,5-6,8,13-15H2,1,3-4H3. The van der Waals surface area contributed by atoms with E-state index in [2.05, 4.69) is 31.5 Å². The summed E-state index contributed by atoms with van der Waals surface area (Å²) in [4.78, 5) is 4.61. The van der Waals surface area contributed by atoms with Crippen molar-refractivity contribution >= 4 is 11.9 Å². The first-order valence-corrected chi connectivity index (χ1v) is 11.6. The number of allylic oxidation sites excluding steroid dienone is 3. The van der Waals surface area contributed by atoms with E-state index in [1.165, 1.54) is 5.57 Å². The zero-order chi connectivity index (χ0) is 23.3. The number of aliphatic imine (C=N–C) groups is 1. The number of phenolic OH excluding ortho intramolecular Hbond substituents is 3. The number of hydrogen-bond donors (Lipinski definition) is 3. The van der Waals surface area contributed by atoms with Crippen LogP contribution < -0.4 is 0 Å². The number of rotatable bonds is 8. The molecule has 170 valence electrons. The monoisotopic (exact) mass is 433 g/mol. The molecule has 0 fully saturated rings. The van der Waals surface area contributed by atoms with Crippen LogP contribution in [-0.4, -0.2) is 21.5 Å². The van der Waals surface area contributed by atoms with Crippen LogP contribution in [0.25, 0.3) is 0 Å². The molecule has 0 amide bonds. The van der Waals surface area contributed by atoms with Gasteiger partial charge in [0.1, 0.15) is 11.4 Å². The fourth-order valence-electron chi connectivity index (χ4n) is 4.59. The first-order chi connectivity index (χ1) is 15.3. The summed E-state index contributed by atoms with van der Waals surface area (Å²) < 4.78 is 0. The van der Waals surface area contributed by atoms with E-state index < -0.39 is 0 Å². The lowest BCUT2D eigenvalue weighted by atomic mass is 9.73. The zero-order valence-electron chi connectivity index (χ0n) is 19.4. The van der Waals surface area contributed by atoms with E-state index in [-0.39, 0.29) is 29.1 Å². The van der Waals surface area contributed by atoms with Gasteiger partial charge < -0.3 is 15.3 Å². The second kappa shape index (κ2) is 10.5. The molecule has 1 aliphatic carbocycles. The summed E-state index contributed by atoms with van der Waals surface area (Å²) in [5.74, 6) is -0.656. The summed E-state index contributed by atoms with van der Waals surface area (Å²) in [5.41, 5.74) is 4.27. The van der Waals surface area contributed by atoms with E-state index >= 15 is 0 Å². The van der Waals surface area contributed by atoms with Crippen molar-refractivity contribution in [2.45, 2.75) is 65.2 Å². The van der Waals surface area contributed by atoms with Gasteiger partial charge in [-0.05, 0) is 51.0 Å². The molecule has 0 aliphatic heterocycles. The smallest absolute Gasteiger partial charge is 0.165 e. The molecule has 0 bridgehead atoms. The van der Waals surface area contributed by atoms with Gasteiger partial charge in [-0.3, -0.25) is 4.99 Å². The molecule has 0 radical (unpaired) electrons. The molecule has 32 heavy (non-hydrogen) atoms.